The minimum absolute atomic E-state index is 0.705. The van der Waals surface area contributed by atoms with Crippen LogP contribution < -0.4 is 10.6 Å². The maximum atomic E-state index is 4.28. The van der Waals surface area contributed by atoms with Crippen molar-refractivity contribution in [2.45, 2.75) is 6.42 Å². The second-order valence-electron chi connectivity index (χ2n) is 4.13. The highest BCUT2D eigenvalue weighted by atomic mass is 15.2. The number of rotatable bonds is 5. The largest absolute Gasteiger partial charge is 0.356 e. The molecule has 2 heterocycles. The summed E-state index contributed by atoms with van der Waals surface area (Å²) in [5, 5.41) is 7.58. The molecule has 2 aromatic heterocycles. The van der Waals surface area contributed by atoms with Crippen molar-refractivity contribution in [3.63, 3.8) is 0 Å². The minimum atomic E-state index is 0.705. The number of pyridine rings is 1. The number of fused-ring (bicyclic) bond motifs is 1. The van der Waals surface area contributed by atoms with Crippen LogP contribution in [0.5, 0.6) is 0 Å². The molecule has 0 saturated carbocycles. The van der Waals surface area contributed by atoms with Gasteiger partial charge in [0.05, 0.1) is 0 Å². The van der Waals surface area contributed by atoms with Gasteiger partial charge < -0.3 is 15.6 Å². The fourth-order valence-electron chi connectivity index (χ4n) is 1.92. The maximum absolute atomic E-state index is 4.28. The number of hydrogen-bond donors (Lipinski definition) is 3. The van der Waals surface area contributed by atoms with Gasteiger partial charge in [-0.2, -0.15) is 0 Å². The summed E-state index contributed by atoms with van der Waals surface area (Å²) in [7, 11) is 1.76. The van der Waals surface area contributed by atoms with Crippen LogP contribution in [0.4, 0.5) is 0 Å². The first-order chi connectivity index (χ1) is 9.35. The number of nitrogens with one attached hydrogen (secondary N) is 3. The summed E-state index contributed by atoms with van der Waals surface area (Å²) in [4.78, 5) is 11.6. The summed E-state index contributed by atoms with van der Waals surface area (Å²) >= 11 is 0. The molecule has 5 heteroatoms. The monoisotopic (exact) mass is 257 g/mol. The quantitative estimate of drug-likeness (QED) is 0.431. The number of aliphatic imine (C=N–C) groups is 1. The Bertz CT molecular complexity index is 570. The van der Waals surface area contributed by atoms with Gasteiger partial charge in [-0.3, -0.25) is 4.99 Å². The van der Waals surface area contributed by atoms with Crippen LogP contribution >= 0.6 is 0 Å². The fraction of sp³-hybridized carbons (Fsp3) is 0.286. The highest BCUT2D eigenvalue weighted by Gasteiger charge is 2.03. The van der Waals surface area contributed by atoms with Crippen molar-refractivity contribution in [1.29, 1.82) is 0 Å². The Morgan fingerprint density at radius 1 is 1.53 bits per heavy atom. The van der Waals surface area contributed by atoms with Gasteiger partial charge in [-0.05, 0) is 24.1 Å². The van der Waals surface area contributed by atoms with Crippen molar-refractivity contribution in [2.75, 3.05) is 20.1 Å². The molecule has 0 saturated heterocycles. The summed E-state index contributed by atoms with van der Waals surface area (Å²) in [6.07, 6.45) is 6.53. The smallest absolute Gasteiger partial charge is 0.191 e. The van der Waals surface area contributed by atoms with Crippen LogP contribution in [0.1, 0.15) is 5.56 Å². The first-order valence-electron chi connectivity index (χ1n) is 6.31. The van der Waals surface area contributed by atoms with Crippen LogP contribution in [-0.4, -0.2) is 36.1 Å². The Kier molecular flexibility index (Phi) is 4.55. The van der Waals surface area contributed by atoms with Crippen LogP contribution in [0.25, 0.3) is 11.0 Å². The van der Waals surface area contributed by atoms with Gasteiger partial charge in [0.25, 0.3) is 0 Å². The number of hydrogen-bond acceptors (Lipinski definition) is 2. The average molecular weight is 257 g/mol. The van der Waals surface area contributed by atoms with Crippen LogP contribution in [0.15, 0.2) is 42.2 Å². The molecule has 100 valence electrons. The molecule has 0 spiro atoms. The Balaban J connectivity index is 1.90. The molecule has 0 aliphatic rings. The van der Waals surface area contributed by atoms with E-state index in [1.807, 2.05) is 12.3 Å². The fourth-order valence-corrected chi connectivity index (χ4v) is 1.92. The molecule has 0 unspecified atom stereocenters. The number of guanidine groups is 1. The lowest BCUT2D eigenvalue weighted by atomic mass is 10.1. The SMILES string of the molecule is C=CCNC(=NC)NCCc1c[nH]c2ncccc12. The van der Waals surface area contributed by atoms with Gasteiger partial charge in [0.2, 0.25) is 0 Å². The summed E-state index contributed by atoms with van der Waals surface area (Å²) in [5.74, 6) is 0.790. The lowest BCUT2D eigenvalue weighted by Crippen LogP contribution is -2.38. The zero-order chi connectivity index (χ0) is 13.5. The van der Waals surface area contributed by atoms with Crippen molar-refractivity contribution in [3.8, 4) is 0 Å². The summed E-state index contributed by atoms with van der Waals surface area (Å²) in [5.41, 5.74) is 2.20. The van der Waals surface area contributed by atoms with Gasteiger partial charge in [0.15, 0.2) is 5.96 Å². The predicted octanol–water partition coefficient (Wildman–Crippen LogP) is 1.46. The van der Waals surface area contributed by atoms with E-state index in [1.165, 1.54) is 10.9 Å². The van der Waals surface area contributed by atoms with E-state index < -0.39 is 0 Å². The standard InChI is InChI=1S/C14H19N5/c1-3-7-17-14(15-2)18-9-6-11-10-19-13-12(11)5-4-8-16-13/h3-5,8,10H,1,6-7,9H2,2H3,(H,16,19)(H2,15,17,18). The average Bonchev–Trinajstić information content (AvgIpc) is 2.86. The van der Waals surface area contributed by atoms with E-state index in [4.69, 9.17) is 0 Å². The lowest BCUT2D eigenvalue weighted by molar-refractivity contribution is 0.824. The van der Waals surface area contributed by atoms with E-state index >= 15 is 0 Å². The third kappa shape index (κ3) is 3.34. The van der Waals surface area contributed by atoms with Crippen LogP contribution in [0.3, 0.4) is 0 Å². The molecule has 0 aliphatic carbocycles. The maximum Gasteiger partial charge on any atom is 0.191 e. The van der Waals surface area contributed by atoms with Gasteiger partial charge in [0, 0.05) is 37.9 Å². The number of aromatic nitrogens is 2. The highest BCUT2D eigenvalue weighted by molar-refractivity contribution is 5.81. The van der Waals surface area contributed by atoms with Crippen molar-refractivity contribution >= 4 is 17.0 Å². The van der Waals surface area contributed by atoms with Crippen LogP contribution in [0.2, 0.25) is 0 Å². The van der Waals surface area contributed by atoms with Crippen molar-refractivity contribution < 1.29 is 0 Å². The second kappa shape index (κ2) is 6.58. The number of H-pyrrole nitrogens is 1. The molecule has 2 aromatic rings. The Labute approximate surface area is 112 Å². The number of aromatic amines is 1. The summed E-state index contributed by atoms with van der Waals surface area (Å²) in [6, 6.07) is 4.04. The summed E-state index contributed by atoms with van der Waals surface area (Å²) < 4.78 is 0. The topological polar surface area (TPSA) is 65.1 Å². The molecular weight excluding hydrogens is 238 g/mol. The van der Waals surface area contributed by atoms with Gasteiger partial charge in [-0.25, -0.2) is 4.98 Å². The zero-order valence-corrected chi connectivity index (χ0v) is 11.1. The lowest BCUT2D eigenvalue weighted by Gasteiger charge is -2.09. The van der Waals surface area contributed by atoms with Crippen molar-refractivity contribution in [3.05, 3.63) is 42.7 Å². The first kappa shape index (κ1) is 13.1. The third-order valence-electron chi connectivity index (χ3n) is 2.86. The molecule has 5 nitrogen and oxygen atoms in total. The third-order valence-corrected chi connectivity index (χ3v) is 2.86. The molecule has 2 rings (SSSR count). The van der Waals surface area contributed by atoms with E-state index in [2.05, 4.69) is 38.2 Å². The van der Waals surface area contributed by atoms with Gasteiger partial charge in [-0.15, -0.1) is 6.58 Å². The molecule has 0 aliphatic heterocycles. The van der Waals surface area contributed by atoms with E-state index in [1.54, 1.807) is 19.3 Å². The molecule has 3 N–H and O–H groups in total. The molecule has 19 heavy (non-hydrogen) atoms. The highest BCUT2D eigenvalue weighted by Crippen LogP contribution is 2.15. The van der Waals surface area contributed by atoms with Crippen molar-refractivity contribution in [1.82, 2.24) is 20.6 Å². The molecule has 0 atom stereocenters. The normalized spacial score (nSPS) is 11.5. The second-order valence-corrected chi connectivity index (χ2v) is 4.13. The Hall–Kier alpha value is -2.30. The molecule has 0 fully saturated rings. The van der Waals surface area contributed by atoms with E-state index in [0.717, 1.165) is 24.6 Å². The van der Waals surface area contributed by atoms with Gasteiger partial charge in [-0.1, -0.05) is 6.08 Å². The number of nitrogens with zero attached hydrogens (tertiary/aromatic N) is 2. The first-order valence-corrected chi connectivity index (χ1v) is 6.31. The Morgan fingerprint density at radius 2 is 2.42 bits per heavy atom. The van der Waals surface area contributed by atoms with Gasteiger partial charge in [0.1, 0.15) is 5.65 Å². The van der Waals surface area contributed by atoms with E-state index in [0.29, 0.717) is 6.54 Å². The van der Waals surface area contributed by atoms with E-state index in [-0.39, 0.29) is 0 Å². The van der Waals surface area contributed by atoms with E-state index in [9.17, 15) is 0 Å². The summed E-state index contributed by atoms with van der Waals surface area (Å²) in [6.45, 7) is 5.19. The molecule has 0 radical (unpaired) electrons. The zero-order valence-electron chi connectivity index (χ0n) is 11.1. The molecular formula is C14H19N5. The van der Waals surface area contributed by atoms with Gasteiger partial charge >= 0.3 is 0 Å². The molecule has 0 bridgehead atoms. The minimum Gasteiger partial charge on any atom is -0.356 e. The van der Waals surface area contributed by atoms with Crippen LogP contribution in [0, 0.1) is 0 Å². The van der Waals surface area contributed by atoms with Crippen molar-refractivity contribution in [2.24, 2.45) is 4.99 Å². The molecule has 0 amide bonds. The Morgan fingerprint density at radius 3 is 3.21 bits per heavy atom. The molecule has 0 aromatic carbocycles. The predicted molar refractivity (Wildman–Crippen MR) is 79.4 cm³/mol. The van der Waals surface area contributed by atoms with Crippen LogP contribution in [-0.2, 0) is 6.42 Å².